The molecule has 1 heteroatoms. The van der Waals surface area contributed by atoms with Gasteiger partial charge in [0.05, 0.1) is 0 Å². The molecule has 0 bridgehead atoms. The number of hydrogen-bond donors (Lipinski definition) is 0. The van der Waals surface area contributed by atoms with Crippen LogP contribution in [0.4, 0.5) is 0 Å². The van der Waals surface area contributed by atoms with Gasteiger partial charge in [0, 0.05) is 11.8 Å². The van der Waals surface area contributed by atoms with E-state index in [0.717, 1.165) is 19.3 Å². The molecule has 0 aliphatic heterocycles. The molecule has 1 nitrogen and oxygen atoms in total. The molecule has 1 fully saturated rings. The third-order valence-corrected chi connectivity index (χ3v) is 5.62. The van der Waals surface area contributed by atoms with Crippen molar-refractivity contribution in [2.24, 2.45) is 11.8 Å². The van der Waals surface area contributed by atoms with E-state index in [1.807, 2.05) is 12.1 Å². The molecule has 1 aliphatic rings. The number of hydrogen-bond acceptors (Lipinski definition) is 1. The Hall–Kier alpha value is -1.89. The molecule has 1 saturated carbocycles. The van der Waals surface area contributed by atoms with Crippen molar-refractivity contribution in [3.63, 3.8) is 0 Å². The van der Waals surface area contributed by atoms with Crippen LogP contribution >= 0.6 is 0 Å². The molecule has 0 amide bonds. The van der Waals surface area contributed by atoms with Crippen LogP contribution in [0.15, 0.2) is 60.7 Å². The molecule has 0 saturated heterocycles. The largest absolute Gasteiger partial charge is 0.299 e. The Morgan fingerprint density at radius 2 is 1.13 bits per heavy atom. The summed E-state index contributed by atoms with van der Waals surface area (Å²) in [6, 6.07) is 21.0. The summed E-state index contributed by atoms with van der Waals surface area (Å²) in [5.74, 6) is 1.44. The van der Waals surface area contributed by atoms with Crippen LogP contribution in [-0.4, -0.2) is 5.78 Å². The first-order valence-electron chi connectivity index (χ1n) is 8.82. The normalized spacial score (nSPS) is 24.2. The summed E-state index contributed by atoms with van der Waals surface area (Å²) >= 11 is 0. The Morgan fingerprint density at radius 3 is 1.52 bits per heavy atom. The molecule has 0 N–H and O–H groups in total. The maximum Gasteiger partial charge on any atom is 0.140 e. The molecule has 0 aromatic heterocycles. The lowest BCUT2D eigenvalue weighted by Gasteiger charge is -2.35. The van der Waals surface area contributed by atoms with Crippen molar-refractivity contribution in [3.05, 3.63) is 71.8 Å². The minimum Gasteiger partial charge on any atom is -0.299 e. The van der Waals surface area contributed by atoms with Crippen molar-refractivity contribution >= 4 is 5.78 Å². The van der Waals surface area contributed by atoms with E-state index < -0.39 is 0 Å². The van der Waals surface area contributed by atoms with Gasteiger partial charge in [0.25, 0.3) is 0 Å². The number of Topliss-reactive ketones (excluding diaryl/α,β-unsaturated/α-hetero) is 1. The predicted octanol–water partition coefficient (Wildman–Crippen LogP) is 5.58. The second-order valence-electron chi connectivity index (χ2n) is 6.94. The van der Waals surface area contributed by atoms with Gasteiger partial charge >= 0.3 is 0 Å². The molecule has 3 rings (SSSR count). The second kappa shape index (κ2) is 7.12. The molecule has 0 radical (unpaired) electrons. The van der Waals surface area contributed by atoms with Crippen LogP contribution in [0.2, 0.25) is 0 Å². The fourth-order valence-electron chi connectivity index (χ4n) is 4.09. The van der Waals surface area contributed by atoms with Crippen LogP contribution in [0.3, 0.4) is 0 Å². The molecule has 23 heavy (non-hydrogen) atoms. The Labute approximate surface area is 139 Å². The molecule has 0 spiro atoms. The van der Waals surface area contributed by atoms with Crippen molar-refractivity contribution in [1.29, 1.82) is 0 Å². The predicted molar refractivity (Wildman–Crippen MR) is 95.6 cm³/mol. The van der Waals surface area contributed by atoms with E-state index in [4.69, 9.17) is 0 Å². The smallest absolute Gasteiger partial charge is 0.140 e. The minimum absolute atomic E-state index is 0.169. The van der Waals surface area contributed by atoms with Gasteiger partial charge in [-0.05, 0) is 35.8 Å². The van der Waals surface area contributed by atoms with Crippen molar-refractivity contribution in [2.45, 2.75) is 44.9 Å². The first-order valence-corrected chi connectivity index (χ1v) is 8.82. The second-order valence-corrected chi connectivity index (χ2v) is 6.94. The van der Waals surface area contributed by atoms with Crippen molar-refractivity contribution in [2.75, 3.05) is 0 Å². The quantitative estimate of drug-likeness (QED) is 0.720. The van der Waals surface area contributed by atoms with E-state index >= 15 is 0 Å². The number of ketones is 1. The van der Waals surface area contributed by atoms with E-state index in [-0.39, 0.29) is 11.8 Å². The first kappa shape index (κ1) is 16.0. The Morgan fingerprint density at radius 1 is 0.739 bits per heavy atom. The van der Waals surface area contributed by atoms with Gasteiger partial charge in [-0.25, -0.2) is 0 Å². The fraction of sp³-hybridized carbons (Fsp3) is 0.409. The van der Waals surface area contributed by atoms with Crippen molar-refractivity contribution in [1.82, 2.24) is 0 Å². The molecule has 4 unspecified atom stereocenters. The van der Waals surface area contributed by atoms with Crippen molar-refractivity contribution < 1.29 is 4.79 Å². The third-order valence-electron chi connectivity index (χ3n) is 5.62. The van der Waals surface area contributed by atoms with Crippen LogP contribution in [0.5, 0.6) is 0 Å². The maximum atomic E-state index is 13.2. The zero-order valence-electron chi connectivity index (χ0n) is 14.1. The van der Waals surface area contributed by atoms with Gasteiger partial charge in [-0.1, -0.05) is 80.9 Å². The molecule has 0 heterocycles. The zero-order chi connectivity index (χ0) is 16.2. The summed E-state index contributed by atoms with van der Waals surface area (Å²) in [4.78, 5) is 13.2. The summed E-state index contributed by atoms with van der Waals surface area (Å²) in [7, 11) is 0. The number of carbonyl (C=O) groups is 1. The molecule has 2 aromatic carbocycles. The van der Waals surface area contributed by atoms with Gasteiger partial charge in [0.2, 0.25) is 0 Å². The van der Waals surface area contributed by atoms with E-state index in [0.29, 0.717) is 17.6 Å². The fourth-order valence-corrected chi connectivity index (χ4v) is 4.09. The molecule has 2 aromatic rings. The monoisotopic (exact) mass is 306 g/mol. The van der Waals surface area contributed by atoms with Gasteiger partial charge in [0.1, 0.15) is 5.78 Å². The highest BCUT2D eigenvalue weighted by atomic mass is 16.1. The van der Waals surface area contributed by atoms with Crippen LogP contribution in [0.25, 0.3) is 0 Å². The molecule has 1 aliphatic carbocycles. The summed E-state index contributed by atoms with van der Waals surface area (Å²) in [5.41, 5.74) is 2.58. The van der Waals surface area contributed by atoms with Gasteiger partial charge in [-0.3, -0.25) is 4.79 Å². The maximum absolute atomic E-state index is 13.2. The Kier molecular flexibility index (Phi) is 4.95. The highest BCUT2D eigenvalue weighted by molar-refractivity contribution is 5.86. The first-order chi connectivity index (χ1) is 11.2. The SMILES string of the molecule is CC(c1ccccc1)C1CCCC(C(C)c2ccccc2)C1=O. The summed E-state index contributed by atoms with van der Waals surface area (Å²) in [6.07, 6.45) is 3.23. The Bertz CT molecular complexity index is 576. The van der Waals surface area contributed by atoms with Crippen LogP contribution in [0.1, 0.15) is 56.1 Å². The highest BCUT2D eigenvalue weighted by Gasteiger charge is 2.37. The molecular weight excluding hydrogens is 280 g/mol. The Balaban J connectivity index is 1.79. The lowest BCUT2D eigenvalue weighted by Crippen LogP contribution is -2.34. The van der Waals surface area contributed by atoms with Crippen LogP contribution < -0.4 is 0 Å². The van der Waals surface area contributed by atoms with E-state index in [9.17, 15) is 4.79 Å². The molecule has 120 valence electrons. The lowest BCUT2D eigenvalue weighted by atomic mass is 9.68. The number of rotatable bonds is 4. The van der Waals surface area contributed by atoms with Gasteiger partial charge in [0.15, 0.2) is 0 Å². The minimum atomic E-state index is 0.169. The van der Waals surface area contributed by atoms with Gasteiger partial charge in [-0.15, -0.1) is 0 Å². The summed E-state index contributed by atoms with van der Waals surface area (Å²) < 4.78 is 0. The van der Waals surface area contributed by atoms with E-state index in [1.165, 1.54) is 11.1 Å². The van der Waals surface area contributed by atoms with E-state index in [1.54, 1.807) is 0 Å². The number of carbonyl (C=O) groups excluding carboxylic acids is 1. The van der Waals surface area contributed by atoms with Crippen LogP contribution in [0, 0.1) is 11.8 Å². The zero-order valence-corrected chi connectivity index (χ0v) is 14.1. The molecule has 4 atom stereocenters. The van der Waals surface area contributed by atoms with Crippen molar-refractivity contribution in [3.8, 4) is 0 Å². The lowest BCUT2D eigenvalue weighted by molar-refractivity contribution is -0.130. The topological polar surface area (TPSA) is 17.1 Å². The molecular formula is C22H26O. The van der Waals surface area contributed by atoms with Gasteiger partial charge < -0.3 is 0 Å². The average Bonchev–Trinajstić information content (AvgIpc) is 2.62. The highest BCUT2D eigenvalue weighted by Crippen LogP contribution is 2.41. The number of benzene rings is 2. The average molecular weight is 306 g/mol. The summed E-state index contributed by atoms with van der Waals surface area (Å²) in [6.45, 7) is 4.43. The summed E-state index contributed by atoms with van der Waals surface area (Å²) in [5, 5.41) is 0. The van der Waals surface area contributed by atoms with Crippen LogP contribution in [-0.2, 0) is 4.79 Å². The van der Waals surface area contributed by atoms with E-state index in [2.05, 4.69) is 62.4 Å². The standard InChI is InChI=1S/C22H26O/c1-16(18-10-5-3-6-11-18)20-14-9-15-21(22(20)23)17(2)19-12-7-4-8-13-19/h3-8,10-13,16-17,20-21H,9,14-15H2,1-2H3. The van der Waals surface area contributed by atoms with Gasteiger partial charge in [-0.2, -0.15) is 0 Å². The third kappa shape index (κ3) is 3.39.